The van der Waals surface area contributed by atoms with Gasteiger partial charge in [0.2, 0.25) is 11.8 Å². The van der Waals surface area contributed by atoms with Crippen molar-refractivity contribution in [2.45, 2.75) is 32.2 Å². The van der Waals surface area contributed by atoms with E-state index in [0.717, 1.165) is 29.8 Å². The van der Waals surface area contributed by atoms with Gasteiger partial charge in [-0.2, -0.15) is 0 Å². The molecule has 2 aromatic carbocycles. The molecule has 1 aliphatic heterocycles. The highest BCUT2D eigenvalue weighted by Gasteiger charge is 2.29. The second-order valence-electron chi connectivity index (χ2n) is 9.12. The number of carbonyl (C=O) groups is 2. The van der Waals surface area contributed by atoms with Crippen molar-refractivity contribution < 1.29 is 9.59 Å². The third-order valence-corrected chi connectivity index (χ3v) is 7.78. The maximum atomic E-state index is 12.8. The molecule has 0 aliphatic carbocycles. The second kappa shape index (κ2) is 11.2. The lowest BCUT2D eigenvalue weighted by molar-refractivity contribution is -0.123. The van der Waals surface area contributed by atoms with Crippen LogP contribution in [0.15, 0.2) is 48.5 Å². The molecule has 0 saturated carbocycles. The lowest BCUT2D eigenvalue weighted by Gasteiger charge is -2.30. The number of nitrogens with two attached hydrogens (primary N) is 2. The monoisotopic (exact) mass is 544 g/mol. The molecule has 1 aliphatic rings. The summed E-state index contributed by atoms with van der Waals surface area (Å²) >= 11 is 19.4. The van der Waals surface area contributed by atoms with Crippen LogP contribution in [0.1, 0.15) is 41.1 Å². The number of hydrogen-bond acceptors (Lipinski definition) is 4. The zero-order valence-corrected chi connectivity index (χ0v) is 22.1. The van der Waals surface area contributed by atoms with Crippen molar-refractivity contribution in [3.63, 3.8) is 0 Å². The van der Waals surface area contributed by atoms with Crippen LogP contribution in [0.3, 0.4) is 0 Å². The van der Waals surface area contributed by atoms with Gasteiger partial charge in [-0.1, -0.05) is 53.0 Å². The summed E-state index contributed by atoms with van der Waals surface area (Å²) in [7, 11) is 0. The molecule has 188 valence electrons. The Balaban J connectivity index is 1.80. The number of piperidine rings is 1. The van der Waals surface area contributed by atoms with Gasteiger partial charge in [0, 0.05) is 38.7 Å². The van der Waals surface area contributed by atoms with Gasteiger partial charge < -0.3 is 11.5 Å². The molecular formula is C27H27Cl3N4O2. The Hall–Kier alpha value is -2.64. The van der Waals surface area contributed by atoms with E-state index in [2.05, 4.69) is 4.90 Å². The Bertz CT molecular complexity index is 1290. The normalized spacial score (nSPS) is 15.6. The summed E-state index contributed by atoms with van der Waals surface area (Å²) in [6, 6.07) is 14.6. The number of primary amides is 2. The molecule has 36 heavy (non-hydrogen) atoms. The predicted octanol–water partition coefficient (Wildman–Crippen LogP) is 5.33. The minimum absolute atomic E-state index is 0.0967. The van der Waals surface area contributed by atoms with Crippen LogP contribution in [-0.2, 0) is 16.1 Å². The number of hydrogen-bond donors (Lipinski definition) is 2. The topological polar surface area (TPSA) is 102 Å². The quantitative estimate of drug-likeness (QED) is 0.419. The molecule has 0 radical (unpaired) electrons. The predicted molar refractivity (Wildman–Crippen MR) is 144 cm³/mol. The van der Waals surface area contributed by atoms with Crippen molar-refractivity contribution in [1.29, 1.82) is 0 Å². The van der Waals surface area contributed by atoms with Crippen molar-refractivity contribution in [2.24, 2.45) is 17.4 Å². The summed E-state index contributed by atoms with van der Waals surface area (Å²) in [5, 5.41) is 1.30. The van der Waals surface area contributed by atoms with Gasteiger partial charge in [-0.3, -0.25) is 19.5 Å². The van der Waals surface area contributed by atoms with Gasteiger partial charge >= 0.3 is 0 Å². The molecule has 4 N–H and O–H groups in total. The van der Waals surface area contributed by atoms with E-state index in [1.165, 1.54) is 0 Å². The van der Waals surface area contributed by atoms with E-state index < -0.39 is 11.8 Å². The number of nitrogens with zero attached hydrogens (tertiary/aromatic N) is 2. The molecule has 0 spiro atoms. The Morgan fingerprint density at radius 3 is 2.22 bits per heavy atom. The third kappa shape index (κ3) is 5.68. The average molecular weight is 546 g/mol. The molecule has 3 aromatic rings. The lowest BCUT2D eigenvalue weighted by atomic mass is 9.92. The van der Waals surface area contributed by atoms with Crippen LogP contribution in [-0.4, -0.2) is 34.8 Å². The smallest absolute Gasteiger partial charge is 0.231 e. The van der Waals surface area contributed by atoms with E-state index in [-0.39, 0.29) is 11.8 Å². The van der Waals surface area contributed by atoms with Gasteiger partial charge in [-0.25, -0.2) is 0 Å². The van der Waals surface area contributed by atoms with Crippen molar-refractivity contribution in [3.8, 4) is 11.3 Å². The van der Waals surface area contributed by atoms with Crippen molar-refractivity contribution in [2.75, 3.05) is 13.1 Å². The van der Waals surface area contributed by atoms with Crippen LogP contribution in [0.4, 0.5) is 0 Å². The number of halogens is 3. The molecule has 6 nitrogen and oxygen atoms in total. The summed E-state index contributed by atoms with van der Waals surface area (Å²) in [5.74, 6) is -1.89. The molecule has 1 unspecified atom stereocenters. The molecule has 2 heterocycles. The zero-order valence-electron chi connectivity index (χ0n) is 19.8. The van der Waals surface area contributed by atoms with E-state index in [0.29, 0.717) is 51.4 Å². The van der Waals surface area contributed by atoms with Gasteiger partial charge in [0.15, 0.2) is 0 Å². The Morgan fingerprint density at radius 1 is 1.00 bits per heavy atom. The average Bonchev–Trinajstić information content (AvgIpc) is 2.83. The maximum absolute atomic E-state index is 12.8. The summed E-state index contributed by atoms with van der Waals surface area (Å²) in [5.41, 5.74) is 15.6. The first-order valence-electron chi connectivity index (χ1n) is 11.7. The van der Waals surface area contributed by atoms with Gasteiger partial charge in [0.25, 0.3) is 0 Å². The summed E-state index contributed by atoms with van der Waals surface area (Å²) < 4.78 is 0. The van der Waals surface area contributed by atoms with E-state index in [1.54, 1.807) is 18.2 Å². The largest absolute Gasteiger partial charge is 0.369 e. The highest BCUT2D eigenvalue weighted by molar-refractivity contribution is 6.36. The molecule has 1 aromatic heterocycles. The molecule has 1 atom stereocenters. The van der Waals surface area contributed by atoms with Crippen molar-refractivity contribution in [1.82, 2.24) is 9.88 Å². The van der Waals surface area contributed by atoms with E-state index in [9.17, 15) is 9.59 Å². The van der Waals surface area contributed by atoms with E-state index in [4.69, 9.17) is 51.3 Å². The molecule has 1 saturated heterocycles. The van der Waals surface area contributed by atoms with Gasteiger partial charge in [-0.15, -0.1) is 0 Å². The van der Waals surface area contributed by atoms with Gasteiger partial charge in [0.05, 0.1) is 11.4 Å². The van der Waals surface area contributed by atoms with Crippen LogP contribution in [0.25, 0.3) is 11.3 Å². The molecule has 9 heteroatoms. The third-order valence-electron chi connectivity index (χ3n) is 6.71. The van der Waals surface area contributed by atoms with Crippen LogP contribution >= 0.6 is 34.8 Å². The van der Waals surface area contributed by atoms with E-state index in [1.807, 2.05) is 37.3 Å². The Kier molecular flexibility index (Phi) is 8.20. The number of likely N-dealkylation sites (tertiary alicyclic amines) is 1. The first-order chi connectivity index (χ1) is 17.2. The fourth-order valence-corrected chi connectivity index (χ4v) is 5.52. The molecule has 2 amide bonds. The van der Waals surface area contributed by atoms with Crippen LogP contribution in [0, 0.1) is 12.8 Å². The van der Waals surface area contributed by atoms with Crippen LogP contribution in [0.2, 0.25) is 15.1 Å². The molecule has 1 fully saturated rings. The van der Waals surface area contributed by atoms with Crippen LogP contribution < -0.4 is 11.5 Å². The summed E-state index contributed by atoms with van der Waals surface area (Å²) in [6.07, 6.45) is 1.43. The van der Waals surface area contributed by atoms with Crippen molar-refractivity contribution >= 4 is 46.6 Å². The molecule has 4 rings (SSSR count). The zero-order chi connectivity index (χ0) is 26.0. The maximum Gasteiger partial charge on any atom is 0.231 e. The Labute approximate surface area is 225 Å². The second-order valence-corrected chi connectivity index (χ2v) is 10.3. The fraction of sp³-hybridized carbons (Fsp3) is 0.296. The number of rotatable bonds is 7. The first-order valence-corrected chi connectivity index (χ1v) is 12.8. The minimum Gasteiger partial charge on any atom is -0.369 e. The Morgan fingerprint density at radius 2 is 1.61 bits per heavy atom. The number of amides is 2. The first kappa shape index (κ1) is 26.4. The molecular weight excluding hydrogens is 519 g/mol. The summed E-state index contributed by atoms with van der Waals surface area (Å²) in [6.45, 7) is 4.02. The van der Waals surface area contributed by atoms with Crippen molar-refractivity contribution in [3.05, 3.63) is 86.0 Å². The summed E-state index contributed by atoms with van der Waals surface area (Å²) in [4.78, 5) is 31.5. The number of benzene rings is 2. The van der Waals surface area contributed by atoms with Gasteiger partial charge in [-0.05, 0) is 74.3 Å². The number of carbonyl (C=O) groups excluding carboxylic acids is 2. The van der Waals surface area contributed by atoms with Crippen LogP contribution in [0.5, 0.6) is 0 Å². The number of pyridine rings is 1. The molecule has 0 bridgehead atoms. The van der Waals surface area contributed by atoms with Gasteiger partial charge in [0.1, 0.15) is 5.92 Å². The SMILES string of the molecule is Cc1c(Cl)cccc1-c1cc(CN2CCC(C(N)=O)CC2)cc(C(C(N)=O)c2c(Cl)cccc2Cl)n1. The lowest BCUT2D eigenvalue weighted by Crippen LogP contribution is -2.38. The van der Waals surface area contributed by atoms with E-state index >= 15 is 0 Å². The highest BCUT2D eigenvalue weighted by Crippen LogP contribution is 2.37. The minimum atomic E-state index is -0.940. The number of aromatic nitrogens is 1. The fourth-order valence-electron chi connectivity index (χ4n) is 4.73. The highest BCUT2D eigenvalue weighted by atomic mass is 35.5. The standard InChI is InChI=1S/C27H27Cl3N4O2/c1-15-18(4-2-5-19(15)28)22-12-16(14-34-10-8-17(9-11-34)26(31)35)13-23(33-22)25(27(32)36)24-20(29)6-3-7-21(24)30/h2-7,12-13,17,25H,8-11,14H2,1H3,(H2,31,35)(H2,32,36).